The third-order valence-corrected chi connectivity index (χ3v) is 2.39. The maximum atomic E-state index is 5.75. The molecule has 0 aliphatic rings. The van der Waals surface area contributed by atoms with Gasteiger partial charge in [0.1, 0.15) is 0 Å². The highest BCUT2D eigenvalue weighted by molar-refractivity contribution is 5.78. The first kappa shape index (κ1) is 12.3. The minimum absolute atomic E-state index is 0.0858. The fourth-order valence-corrected chi connectivity index (χ4v) is 1.05. The molecule has 0 saturated heterocycles. The first-order valence-corrected chi connectivity index (χ1v) is 5.05. The smallest absolute Gasteiger partial charge is 0.189 e. The molecule has 0 radical (unpaired) electrons. The first-order valence-electron chi connectivity index (χ1n) is 5.05. The molecule has 0 rings (SSSR count). The molecule has 3 heteroatoms. The number of nitrogens with one attached hydrogen (secondary N) is 1. The Morgan fingerprint density at radius 2 is 1.85 bits per heavy atom. The predicted octanol–water partition coefficient (Wildman–Crippen LogP) is 1.88. The van der Waals surface area contributed by atoms with Crippen LogP contribution in [0.3, 0.4) is 0 Å². The van der Waals surface area contributed by atoms with E-state index in [9.17, 15) is 0 Å². The average Bonchev–Trinajstić information content (AvgIpc) is 2.02. The molecule has 0 aromatic rings. The van der Waals surface area contributed by atoms with E-state index in [2.05, 4.69) is 31.1 Å². The predicted molar refractivity (Wildman–Crippen MR) is 58.9 cm³/mol. The summed E-state index contributed by atoms with van der Waals surface area (Å²) in [5.41, 5.74) is 5.84. The Kier molecular flexibility index (Phi) is 4.81. The molecule has 0 saturated carbocycles. The maximum absolute atomic E-state index is 5.75. The summed E-state index contributed by atoms with van der Waals surface area (Å²) in [5, 5.41) is 3.25. The van der Waals surface area contributed by atoms with Gasteiger partial charge in [0.05, 0.1) is 0 Å². The van der Waals surface area contributed by atoms with Crippen molar-refractivity contribution in [2.75, 3.05) is 0 Å². The Bertz CT molecular complexity index is 169. The number of aliphatic imine (C=N–C) groups is 1. The van der Waals surface area contributed by atoms with Gasteiger partial charge in [0, 0.05) is 11.6 Å². The van der Waals surface area contributed by atoms with E-state index < -0.39 is 0 Å². The lowest BCUT2D eigenvalue weighted by atomic mass is 9.96. The molecule has 0 atom stereocenters. The van der Waals surface area contributed by atoms with Gasteiger partial charge in [0.15, 0.2) is 5.96 Å². The highest BCUT2D eigenvalue weighted by atomic mass is 15.1. The van der Waals surface area contributed by atoms with Crippen molar-refractivity contribution in [2.24, 2.45) is 10.7 Å². The van der Waals surface area contributed by atoms with Gasteiger partial charge in [-0.05, 0) is 33.6 Å². The highest BCUT2D eigenvalue weighted by Crippen LogP contribution is 2.12. The summed E-state index contributed by atoms with van der Waals surface area (Å²) < 4.78 is 0. The van der Waals surface area contributed by atoms with Crippen molar-refractivity contribution in [2.45, 2.75) is 59.0 Å². The molecular weight excluding hydrogens is 162 g/mol. The number of hydrogen-bond acceptors (Lipinski definition) is 1. The van der Waals surface area contributed by atoms with Gasteiger partial charge < -0.3 is 11.1 Å². The summed E-state index contributed by atoms with van der Waals surface area (Å²) in [6.45, 7) is 10.5. The summed E-state index contributed by atoms with van der Waals surface area (Å²) in [5.74, 6) is 0.557. The molecule has 3 nitrogen and oxygen atoms in total. The van der Waals surface area contributed by atoms with Crippen LogP contribution in [-0.2, 0) is 0 Å². The third-order valence-electron chi connectivity index (χ3n) is 2.39. The van der Waals surface area contributed by atoms with Gasteiger partial charge in [0.25, 0.3) is 0 Å². The van der Waals surface area contributed by atoms with Crippen LogP contribution in [0.5, 0.6) is 0 Å². The molecule has 78 valence electrons. The normalized spacial score (nSPS) is 13.5. The van der Waals surface area contributed by atoms with Crippen molar-refractivity contribution in [3.05, 3.63) is 0 Å². The summed E-state index contributed by atoms with van der Waals surface area (Å²) >= 11 is 0. The quantitative estimate of drug-likeness (QED) is 0.519. The van der Waals surface area contributed by atoms with Crippen LogP contribution in [0.2, 0.25) is 0 Å². The fourth-order valence-electron chi connectivity index (χ4n) is 1.05. The monoisotopic (exact) mass is 185 g/mol. The molecule has 0 aromatic carbocycles. The zero-order valence-corrected chi connectivity index (χ0v) is 9.52. The van der Waals surface area contributed by atoms with Crippen LogP contribution in [0.15, 0.2) is 4.99 Å². The topological polar surface area (TPSA) is 50.4 Å². The SMILES string of the molecule is CCC(C)(CC)NC(N)=NC(C)C. The number of guanidine groups is 1. The van der Waals surface area contributed by atoms with Gasteiger partial charge in [0.2, 0.25) is 0 Å². The zero-order valence-electron chi connectivity index (χ0n) is 9.52. The van der Waals surface area contributed by atoms with E-state index in [1.54, 1.807) is 0 Å². The van der Waals surface area contributed by atoms with E-state index >= 15 is 0 Å². The van der Waals surface area contributed by atoms with Crippen molar-refractivity contribution < 1.29 is 0 Å². The van der Waals surface area contributed by atoms with Crippen molar-refractivity contribution in [1.29, 1.82) is 0 Å². The second-order valence-electron chi connectivity index (χ2n) is 4.00. The van der Waals surface area contributed by atoms with Crippen LogP contribution in [0.25, 0.3) is 0 Å². The van der Waals surface area contributed by atoms with Gasteiger partial charge in [-0.3, -0.25) is 4.99 Å². The van der Waals surface area contributed by atoms with Crippen molar-refractivity contribution >= 4 is 5.96 Å². The van der Waals surface area contributed by atoms with E-state index in [1.165, 1.54) is 0 Å². The maximum Gasteiger partial charge on any atom is 0.189 e. The minimum Gasteiger partial charge on any atom is -0.370 e. The van der Waals surface area contributed by atoms with Crippen LogP contribution in [0.4, 0.5) is 0 Å². The molecular formula is C10H23N3. The van der Waals surface area contributed by atoms with E-state index in [0.29, 0.717) is 5.96 Å². The Balaban J connectivity index is 4.24. The molecule has 0 unspecified atom stereocenters. The van der Waals surface area contributed by atoms with E-state index in [-0.39, 0.29) is 11.6 Å². The summed E-state index contributed by atoms with van der Waals surface area (Å²) in [4.78, 5) is 4.24. The lowest BCUT2D eigenvalue weighted by molar-refractivity contribution is 0.386. The van der Waals surface area contributed by atoms with Crippen molar-refractivity contribution in [1.82, 2.24) is 5.32 Å². The second kappa shape index (κ2) is 5.10. The molecule has 0 aliphatic carbocycles. The minimum atomic E-state index is 0.0858. The Morgan fingerprint density at radius 1 is 1.38 bits per heavy atom. The van der Waals surface area contributed by atoms with Gasteiger partial charge in [-0.1, -0.05) is 13.8 Å². The number of nitrogens with zero attached hydrogens (tertiary/aromatic N) is 1. The standard InChI is InChI=1S/C10H23N3/c1-6-10(5,7-2)13-9(11)12-8(3)4/h8H,6-7H2,1-5H3,(H3,11,12,13). The van der Waals surface area contributed by atoms with E-state index in [0.717, 1.165) is 12.8 Å². The highest BCUT2D eigenvalue weighted by Gasteiger charge is 2.19. The van der Waals surface area contributed by atoms with Crippen LogP contribution >= 0.6 is 0 Å². The summed E-state index contributed by atoms with van der Waals surface area (Å²) in [6.07, 6.45) is 2.11. The lowest BCUT2D eigenvalue weighted by Crippen LogP contribution is -2.48. The summed E-state index contributed by atoms with van der Waals surface area (Å²) in [6, 6.07) is 0.255. The van der Waals surface area contributed by atoms with Crippen molar-refractivity contribution in [3.63, 3.8) is 0 Å². The number of nitrogens with two attached hydrogens (primary N) is 1. The fraction of sp³-hybridized carbons (Fsp3) is 0.900. The van der Waals surface area contributed by atoms with Gasteiger partial charge in [-0.25, -0.2) is 0 Å². The molecule has 0 bridgehead atoms. The molecule has 0 aromatic heterocycles. The molecule has 0 spiro atoms. The molecule has 13 heavy (non-hydrogen) atoms. The van der Waals surface area contributed by atoms with Crippen LogP contribution < -0.4 is 11.1 Å². The molecule has 0 amide bonds. The van der Waals surface area contributed by atoms with E-state index in [1.807, 2.05) is 13.8 Å². The molecule has 0 aliphatic heterocycles. The second-order valence-corrected chi connectivity index (χ2v) is 4.00. The van der Waals surface area contributed by atoms with Gasteiger partial charge in [-0.2, -0.15) is 0 Å². The van der Waals surface area contributed by atoms with Crippen LogP contribution in [0, 0.1) is 0 Å². The zero-order chi connectivity index (χ0) is 10.5. The Morgan fingerprint density at radius 3 is 2.15 bits per heavy atom. The Hall–Kier alpha value is -0.730. The van der Waals surface area contributed by atoms with Gasteiger partial charge >= 0.3 is 0 Å². The van der Waals surface area contributed by atoms with Crippen LogP contribution in [0.1, 0.15) is 47.5 Å². The molecule has 0 fully saturated rings. The number of hydrogen-bond donors (Lipinski definition) is 2. The first-order chi connectivity index (χ1) is 5.93. The van der Waals surface area contributed by atoms with Gasteiger partial charge in [-0.15, -0.1) is 0 Å². The average molecular weight is 185 g/mol. The lowest BCUT2D eigenvalue weighted by Gasteiger charge is -2.28. The Labute approximate surface area is 81.8 Å². The summed E-state index contributed by atoms with van der Waals surface area (Å²) in [7, 11) is 0. The third kappa shape index (κ3) is 4.76. The largest absolute Gasteiger partial charge is 0.370 e. The van der Waals surface area contributed by atoms with Crippen molar-refractivity contribution in [3.8, 4) is 0 Å². The molecule has 0 heterocycles. The molecule has 3 N–H and O–H groups in total. The van der Waals surface area contributed by atoms with E-state index in [4.69, 9.17) is 5.73 Å². The van der Waals surface area contributed by atoms with Crippen LogP contribution in [-0.4, -0.2) is 17.5 Å². The number of rotatable bonds is 4.